The summed E-state index contributed by atoms with van der Waals surface area (Å²) in [6.07, 6.45) is 4.51. The highest BCUT2D eigenvalue weighted by molar-refractivity contribution is 5.89. The Balaban J connectivity index is 0.000000524. The zero-order valence-corrected chi connectivity index (χ0v) is 14.5. The molecule has 0 saturated heterocycles. The third kappa shape index (κ3) is 5.35. The van der Waals surface area contributed by atoms with Crippen molar-refractivity contribution >= 4 is 11.1 Å². The number of nitrogens with zero attached hydrogens (tertiary/aromatic N) is 2. The van der Waals surface area contributed by atoms with Gasteiger partial charge in [0, 0.05) is 6.99 Å². The number of oxazole rings is 1. The van der Waals surface area contributed by atoms with Crippen LogP contribution in [0.2, 0.25) is 0 Å². The van der Waals surface area contributed by atoms with E-state index in [2.05, 4.69) is 49.6 Å². The molecule has 2 heterocycles. The number of H-pyrrole nitrogens is 1. The fraction of sp³-hybridized carbons (Fsp3) is 0.444. The lowest BCUT2D eigenvalue weighted by Crippen LogP contribution is -1.80. The molecule has 0 unspecified atom stereocenters. The van der Waals surface area contributed by atoms with Crippen LogP contribution in [0.4, 0.5) is 0 Å². The first-order valence-corrected chi connectivity index (χ1v) is 7.83. The molecule has 0 bridgehead atoms. The van der Waals surface area contributed by atoms with Crippen molar-refractivity contribution in [1.29, 1.82) is 0 Å². The Morgan fingerprint density at radius 2 is 1.82 bits per heavy atom. The van der Waals surface area contributed by atoms with E-state index in [1.807, 2.05) is 25.1 Å². The molecule has 0 aliphatic rings. The highest BCUT2D eigenvalue weighted by Gasteiger charge is 2.08. The second-order valence-corrected chi connectivity index (χ2v) is 5.83. The summed E-state index contributed by atoms with van der Waals surface area (Å²) >= 11 is 0. The number of hydrogen-bond acceptors (Lipinski definition) is 3. The summed E-state index contributed by atoms with van der Waals surface area (Å²) in [6, 6.07) is 5.84. The van der Waals surface area contributed by atoms with Crippen LogP contribution in [0.15, 0.2) is 35.2 Å². The molecule has 2 aromatic heterocycles. The number of benzene rings is 1. The number of aromatic amines is 1. The van der Waals surface area contributed by atoms with Gasteiger partial charge in [0.05, 0.1) is 11.9 Å². The Bertz CT molecular complexity index is 671. The van der Waals surface area contributed by atoms with Gasteiger partial charge in [0.15, 0.2) is 12.0 Å². The van der Waals surface area contributed by atoms with Crippen LogP contribution in [0.3, 0.4) is 0 Å². The summed E-state index contributed by atoms with van der Waals surface area (Å²) in [6.45, 7) is 12.7. The molecule has 4 nitrogen and oxygen atoms in total. The summed E-state index contributed by atoms with van der Waals surface area (Å²) in [5.74, 6) is 1.73. The van der Waals surface area contributed by atoms with Crippen LogP contribution < -0.4 is 0 Å². The van der Waals surface area contributed by atoms with E-state index in [0.29, 0.717) is 0 Å². The third-order valence-corrected chi connectivity index (χ3v) is 2.35. The SMILES string of the molecule is CC(C)C.CCC.Cc1ncc(-c2cccc3ocnc23)[nH]1.[HH]. The fourth-order valence-corrected chi connectivity index (χ4v) is 1.66. The van der Waals surface area contributed by atoms with E-state index in [1.54, 1.807) is 6.20 Å². The van der Waals surface area contributed by atoms with Crippen LogP contribution in [0.1, 0.15) is 48.3 Å². The lowest BCUT2D eigenvalue weighted by atomic mass is 10.1. The van der Waals surface area contributed by atoms with Crippen molar-refractivity contribution in [2.75, 3.05) is 0 Å². The molecule has 0 amide bonds. The number of aromatic nitrogens is 3. The zero-order chi connectivity index (χ0) is 16.5. The van der Waals surface area contributed by atoms with Gasteiger partial charge in [-0.05, 0) is 18.9 Å². The van der Waals surface area contributed by atoms with Gasteiger partial charge in [-0.25, -0.2) is 9.97 Å². The highest BCUT2D eigenvalue weighted by atomic mass is 16.3. The molecule has 3 aromatic rings. The monoisotopic (exact) mass is 303 g/mol. The number of para-hydroxylation sites is 1. The summed E-state index contributed by atoms with van der Waals surface area (Å²) in [5.41, 5.74) is 3.63. The van der Waals surface area contributed by atoms with Gasteiger partial charge in [-0.15, -0.1) is 0 Å². The maximum absolute atomic E-state index is 5.24. The Hall–Kier alpha value is -2.10. The Kier molecular flexibility index (Phi) is 7.37. The number of hydrogen-bond donors (Lipinski definition) is 1. The van der Waals surface area contributed by atoms with Gasteiger partial charge in [0.25, 0.3) is 0 Å². The molecule has 4 heteroatoms. The van der Waals surface area contributed by atoms with Gasteiger partial charge in [0.1, 0.15) is 11.3 Å². The first-order chi connectivity index (χ1) is 10.5. The van der Waals surface area contributed by atoms with Gasteiger partial charge in [0.2, 0.25) is 0 Å². The standard InChI is InChI=1S/C11H9N3O.C4H10.C3H8.H2/c1-7-12-5-9(14-7)8-3-2-4-10-11(8)13-6-15-10;1-4(2)3;1-3-2;/h2-6H,1H3,(H,12,14);4H,1-3H3;3H2,1-2H3;1H. The first kappa shape index (κ1) is 18.0. The lowest BCUT2D eigenvalue weighted by molar-refractivity contribution is 0.602. The molecule has 122 valence electrons. The summed E-state index contributed by atoms with van der Waals surface area (Å²) in [7, 11) is 0. The molecule has 0 atom stereocenters. The van der Waals surface area contributed by atoms with Gasteiger partial charge < -0.3 is 9.40 Å². The third-order valence-electron chi connectivity index (χ3n) is 2.35. The minimum Gasteiger partial charge on any atom is -0.443 e. The summed E-state index contributed by atoms with van der Waals surface area (Å²) in [5, 5.41) is 0. The Labute approximate surface area is 134 Å². The first-order valence-electron chi connectivity index (χ1n) is 7.83. The van der Waals surface area contributed by atoms with E-state index in [1.165, 1.54) is 12.8 Å². The molecule has 0 radical (unpaired) electrons. The molecular formula is C18H29N3O. The molecule has 0 spiro atoms. The average molecular weight is 303 g/mol. The second-order valence-electron chi connectivity index (χ2n) is 5.83. The lowest BCUT2D eigenvalue weighted by Gasteiger charge is -1.96. The quantitative estimate of drug-likeness (QED) is 0.613. The average Bonchev–Trinajstić information content (AvgIpc) is 3.06. The van der Waals surface area contributed by atoms with E-state index in [4.69, 9.17) is 4.42 Å². The van der Waals surface area contributed by atoms with Crippen molar-refractivity contribution in [3.8, 4) is 11.3 Å². The van der Waals surface area contributed by atoms with Crippen molar-refractivity contribution in [2.45, 2.75) is 48.0 Å². The van der Waals surface area contributed by atoms with E-state index in [0.717, 1.165) is 34.1 Å². The number of fused-ring (bicyclic) bond motifs is 1. The molecule has 0 aliphatic heterocycles. The van der Waals surface area contributed by atoms with Gasteiger partial charge in [-0.3, -0.25) is 0 Å². The van der Waals surface area contributed by atoms with Crippen molar-refractivity contribution in [2.24, 2.45) is 5.92 Å². The van der Waals surface area contributed by atoms with Gasteiger partial charge >= 0.3 is 0 Å². The van der Waals surface area contributed by atoms with E-state index in [9.17, 15) is 0 Å². The fourth-order valence-electron chi connectivity index (χ4n) is 1.66. The predicted octanol–water partition coefficient (Wildman–Crippen LogP) is 5.85. The van der Waals surface area contributed by atoms with Crippen LogP contribution in [0, 0.1) is 12.8 Å². The van der Waals surface area contributed by atoms with Crippen molar-refractivity contribution < 1.29 is 5.84 Å². The van der Waals surface area contributed by atoms with Crippen molar-refractivity contribution in [3.05, 3.63) is 36.6 Å². The van der Waals surface area contributed by atoms with Crippen LogP contribution in [-0.4, -0.2) is 15.0 Å². The molecule has 0 fully saturated rings. The molecule has 22 heavy (non-hydrogen) atoms. The smallest absolute Gasteiger partial charge is 0.182 e. The van der Waals surface area contributed by atoms with Gasteiger partial charge in [-0.2, -0.15) is 0 Å². The molecule has 1 aromatic carbocycles. The number of aryl methyl sites for hydroxylation is 1. The minimum atomic E-state index is 0. The molecule has 0 aliphatic carbocycles. The molecule has 1 N–H and O–H groups in total. The van der Waals surface area contributed by atoms with E-state index >= 15 is 0 Å². The minimum absolute atomic E-state index is 0. The second kappa shape index (κ2) is 9.03. The summed E-state index contributed by atoms with van der Waals surface area (Å²) in [4.78, 5) is 11.5. The van der Waals surface area contributed by atoms with Crippen LogP contribution >= 0.6 is 0 Å². The Morgan fingerprint density at radius 1 is 1.18 bits per heavy atom. The molecule has 0 saturated carbocycles. The predicted molar refractivity (Wildman–Crippen MR) is 94.9 cm³/mol. The summed E-state index contributed by atoms with van der Waals surface area (Å²) < 4.78 is 5.24. The molecule has 3 rings (SSSR count). The van der Waals surface area contributed by atoms with Crippen LogP contribution in [0.25, 0.3) is 22.4 Å². The largest absolute Gasteiger partial charge is 0.443 e. The maximum Gasteiger partial charge on any atom is 0.182 e. The molecular weight excluding hydrogens is 274 g/mol. The Morgan fingerprint density at radius 3 is 2.36 bits per heavy atom. The number of rotatable bonds is 1. The van der Waals surface area contributed by atoms with Crippen LogP contribution in [0.5, 0.6) is 0 Å². The van der Waals surface area contributed by atoms with Crippen molar-refractivity contribution in [3.63, 3.8) is 0 Å². The normalized spacial score (nSPS) is 9.95. The van der Waals surface area contributed by atoms with E-state index in [-0.39, 0.29) is 1.43 Å². The topological polar surface area (TPSA) is 54.7 Å². The van der Waals surface area contributed by atoms with Crippen LogP contribution in [-0.2, 0) is 0 Å². The zero-order valence-electron chi connectivity index (χ0n) is 14.5. The maximum atomic E-state index is 5.24. The van der Waals surface area contributed by atoms with Gasteiger partial charge in [-0.1, -0.05) is 53.2 Å². The highest BCUT2D eigenvalue weighted by Crippen LogP contribution is 2.25. The van der Waals surface area contributed by atoms with Crippen molar-refractivity contribution in [1.82, 2.24) is 15.0 Å². The number of imidazole rings is 1. The number of nitrogens with one attached hydrogen (secondary N) is 1. The van der Waals surface area contributed by atoms with E-state index < -0.39 is 0 Å².